The summed E-state index contributed by atoms with van der Waals surface area (Å²) in [7, 11) is 0. The number of rotatable bonds is 2. The molecule has 2 aromatic carbocycles. The minimum absolute atomic E-state index is 0.782. The first-order valence-electron chi connectivity index (χ1n) is 5.76. The van der Waals surface area contributed by atoms with Crippen LogP contribution in [0.2, 0.25) is 0 Å². The first kappa shape index (κ1) is 11.5. The van der Waals surface area contributed by atoms with Crippen molar-refractivity contribution in [1.82, 2.24) is 0 Å². The molecule has 0 aliphatic carbocycles. The molecule has 17 heavy (non-hydrogen) atoms. The van der Waals surface area contributed by atoms with Gasteiger partial charge in [-0.2, -0.15) is 0 Å². The molecule has 0 saturated heterocycles. The minimum Gasteiger partial charge on any atom is -0.397 e. The Balaban J connectivity index is 2.31. The maximum Gasteiger partial charge on any atom is 0.0618 e. The first-order chi connectivity index (χ1) is 8.04. The van der Waals surface area contributed by atoms with Crippen LogP contribution in [0.3, 0.4) is 0 Å². The number of aryl methyl sites for hydroxylation is 3. The molecule has 0 aromatic heterocycles. The van der Waals surface area contributed by atoms with Crippen LogP contribution < -0.4 is 11.1 Å². The Labute approximate surface area is 102 Å². The SMILES string of the molecule is Cc1cc(C)cc(Nc2ccc(C)cc2N)c1. The third-order valence-electron chi connectivity index (χ3n) is 2.71. The smallest absolute Gasteiger partial charge is 0.0618 e. The van der Waals surface area contributed by atoms with Crippen molar-refractivity contribution in [2.75, 3.05) is 11.1 Å². The molecule has 2 heteroatoms. The number of nitrogen functional groups attached to an aromatic ring is 1. The van der Waals surface area contributed by atoms with Gasteiger partial charge in [0.05, 0.1) is 11.4 Å². The second-order valence-electron chi connectivity index (χ2n) is 4.59. The minimum atomic E-state index is 0.782. The average molecular weight is 226 g/mol. The third-order valence-corrected chi connectivity index (χ3v) is 2.71. The standard InChI is InChI=1S/C15H18N2/c1-10-4-5-15(14(16)9-10)17-13-7-11(2)6-12(3)8-13/h4-9,17H,16H2,1-3H3. The second kappa shape index (κ2) is 4.50. The Morgan fingerprint density at radius 3 is 2.06 bits per heavy atom. The number of nitrogens with one attached hydrogen (secondary N) is 1. The van der Waals surface area contributed by atoms with Gasteiger partial charge in [0.1, 0.15) is 0 Å². The Kier molecular flexibility index (Phi) is 3.05. The van der Waals surface area contributed by atoms with Gasteiger partial charge in [0.25, 0.3) is 0 Å². The van der Waals surface area contributed by atoms with Crippen molar-refractivity contribution in [3.8, 4) is 0 Å². The predicted molar refractivity (Wildman–Crippen MR) is 74.8 cm³/mol. The summed E-state index contributed by atoms with van der Waals surface area (Å²) in [4.78, 5) is 0. The van der Waals surface area contributed by atoms with Gasteiger partial charge in [-0.15, -0.1) is 0 Å². The third kappa shape index (κ3) is 2.78. The van der Waals surface area contributed by atoms with E-state index in [0.717, 1.165) is 17.1 Å². The number of benzene rings is 2. The fourth-order valence-electron chi connectivity index (χ4n) is 2.00. The van der Waals surface area contributed by atoms with E-state index in [1.54, 1.807) is 0 Å². The number of anilines is 3. The lowest BCUT2D eigenvalue weighted by Gasteiger charge is -2.11. The van der Waals surface area contributed by atoms with Crippen molar-refractivity contribution >= 4 is 17.1 Å². The van der Waals surface area contributed by atoms with Gasteiger partial charge in [-0.3, -0.25) is 0 Å². The molecule has 88 valence electrons. The summed E-state index contributed by atoms with van der Waals surface area (Å²) in [6.07, 6.45) is 0. The van der Waals surface area contributed by atoms with E-state index in [9.17, 15) is 0 Å². The summed E-state index contributed by atoms with van der Waals surface area (Å²) < 4.78 is 0. The molecule has 0 atom stereocenters. The van der Waals surface area contributed by atoms with Crippen LogP contribution in [0.1, 0.15) is 16.7 Å². The van der Waals surface area contributed by atoms with E-state index in [-0.39, 0.29) is 0 Å². The lowest BCUT2D eigenvalue weighted by molar-refractivity contribution is 1.37. The highest BCUT2D eigenvalue weighted by atomic mass is 14.9. The molecule has 0 radical (unpaired) electrons. The summed E-state index contributed by atoms with van der Waals surface area (Å²) >= 11 is 0. The van der Waals surface area contributed by atoms with Crippen LogP contribution in [0, 0.1) is 20.8 Å². The summed E-state index contributed by atoms with van der Waals surface area (Å²) in [5.74, 6) is 0. The van der Waals surface area contributed by atoms with Crippen molar-refractivity contribution in [1.29, 1.82) is 0 Å². The van der Waals surface area contributed by atoms with E-state index in [1.165, 1.54) is 16.7 Å². The zero-order chi connectivity index (χ0) is 12.4. The highest BCUT2D eigenvalue weighted by Crippen LogP contribution is 2.25. The lowest BCUT2D eigenvalue weighted by atomic mass is 10.1. The molecule has 0 amide bonds. The second-order valence-corrected chi connectivity index (χ2v) is 4.59. The van der Waals surface area contributed by atoms with Gasteiger partial charge in [-0.05, 0) is 61.7 Å². The number of hydrogen-bond acceptors (Lipinski definition) is 2. The largest absolute Gasteiger partial charge is 0.397 e. The number of hydrogen-bond donors (Lipinski definition) is 2. The topological polar surface area (TPSA) is 38.0 Å². The zero-order valence-electron chi connectivity index (χ0n) is 10.5. The van der Waals surface area contributed by atoms with Crippen molar-refractivity contribution in [3.63, 3.8) is 0 Å². The zero-order valence-corrected chi connectivity index (χ0v) is 10.5. The summed E-state index contributed by atoms with van der Waals surface area (Å²) in [5.41, 5.74) is 12.5. The van der Waals surface area contributed by atoms with Gasteiger partial charge in [0.15, 0.2) is 0 Å². The Bertz CT molecular complexity index is 524. The van der Waals surface area contributed by atoms with Crippen molar-refractivity contribution in [3.05, 3.63) is 53.1 Å². The monoisotopic (exact) mass is 226 g/mol. The van der Waals surface area contributed by atoms with E-state index in [0.29, 0.717) is 0 Å². The predicted octanol–water partition coefficient (Wildman–Crippen LogP) is 3.94. The van der Waals surface area contributed by atoms with Crippen LogP contribution in [0.15, 0.2) is 36.4 Å². The van der Waals surface area contributed by atoms with Crippen LogP contribution in [-0.2, 0) is 0 Å². The van der Waals surface area contributed by atoms with Gasteiger partial charge in [-0.25, -0.2) is 0 Å². The average Bonchev–Trinajstić information content (AvgIpc) is 2.21. The molecule has 0 unspecified atom stereocenters. The Hall–Kier alpha value is -1.96. The summed E-state index contributed by atoms with van der Waals surface area (Å²) in [6.45, 7) is 6.23. The van der Waals surface area contributed by atoms with Gasteiger partial charge in [0.2, 0.25) is 0 Å². The molecule has 0 fully saturated rings. The van der Waals surface area contributed by atoms with Crippen molar-refractivity contribution in [2.45, 2.75) is 20.8 Å². The van der Waals surface area contributed by atoms with Crippen LogP contribution in [-0.4, -0.2) is 0 Å². The molecule has 0 spiro atoms. The Morgan fingerprint density at radius 1 is 0.824 bits per heavy atom. The maximum absolute atomic E-state index is 5.98. The highest BCUT2D eigenvalue weighted by Gasteiger charge is 2.01. The van der Waals surface area contributed by atoms with E-state index in [4.69, 9.17) is 5.73 Å². The molecule has 2 nitrogen and oxygen atoms in total. The first-order valence-corrected chi connectivity index (χ1v) is 5.76. The maximum atomic E-state index is 5.98. The van der Waals surface area contributed by atoms with Crippen LogP contribution >= 0.6 is 0 Å². The van der Waals surface area contributed by atoms with Crippen molar-refractivity contribution in [2.24, 2.45) is 0 Å². The van der Waals surface area contributed by atoms with Gasteiger partial charge < -0.3 is 11.1 Å². The van der Waals surface area contributed by atoms with E-state index < -0.39 is 0 Å². The molecule has 0 aliphatic rings. The molecule has 0 heterocycles. The van der Waals surface area contributed by atoms with Gasteiger partial charge in [0, 0.05) is 5.69 Å². The summed E-state index contributed by atoms with van der Waals surface area (Å²) in [5, 5.41) is 3.36. The van der Waals surface area contributed by atoms with E-state index in [1.807, 2.05) is 19.1 Å². The van der Waals surface area contributed by atoms with Crippen LogP contribution in [0.4, 0.5) is 17.1 Å². The van der Waals surface area contributed by atoms with E-state index in [2.05, 4.69) is 43.4 Å². The van der Waals surface area contributed by atoms with Gasteiger partial charge in [-0.1, -0.05) is 12.1 Å². The molecule has 2 aromatic rings. The molecule has 0 aliphatic heterocycles. The van der Waals surface area contributed by atoms with Crippen molar-refractivity contribution < 1.29 is 0 Å². The van der Waals surface area contributed by atoms with E-state index >= 15 is 0 Å². The van der Waals surface area contributed by atoms with Crippen LogP contribution in [0.5, 0.6) is 0 Å². The van der Waals surface area contributed by atoms with Gasteiger partial charge >= 0.3 is 0 Å². The quantitative estimate of drug-likeness (QED) is 0.761. The molecular weight excluding hydrogens is 208 g/mol. The molecule has 3 N–H and O–H groups in total. The Morgan fingerprint density at radius 2 is 1.47 bits per heavy atom. The van der Waals surface area contributed by atoms with Crippen LogP contribution in [0.25, 0.3) is 0 Å². The molecular formula is C15H18N2. The highest BCUT2D eigenvalue weighted by molar-refractivity contribution is 5.73. The number of nitrogens with two attached hydrogens (primary N) is 1. The molecule has 0 saturated carbocycles. The summed E-state index contributed by atoms with van der Waals surface area (Å²) in [6, 6.07) is 12.4. The fraction of sp³-hybridized carbons (Fsp3) is 0.200. The fourth-order valence-corrected chi connectivity index (χ4v) is 2.00. The lowest BCUT2D eigenvalue weighted by Crippen LogP contribution is -1.97. The normalized spacial score (nSPS) is 10.3. The molecule has 0 bridgehead atoms. The molecule has 2 rings (SSSR count).